The number of rotatable bonds is 6. The Morgan fingerprint density at radius 3 is 2.56 bits per heavy atom. The van der Waals surface area contributed by atoms with Gasteiger partial charge >= 0.3 is 0 Å². The molecule has 0 radical (unpaired) electrons. The van der Waals surface area contributed by atoms with Gasteiger partial charge in [-0.05, 0) is 31.5 Å². The third-order valence-electron chi connectivity index (χ3n) is 3.39. The first-order valence-electron chi connectivity index (χ1n) is 7.91. The van der Waals surface area contributed by atoms with E-state index in [0.29, 0.717) is 6.54 Å². The molecule has 2 aromatic rings. The van der Waals surface area contributed by atoms with Gasteiger partial charge < -0.3 is 15.5 Å². The van der Waals surface area contributed by atoms with Gasteiger partial charge in [0.15, 0.2) is 11.1 Å². The molecule has 0 saturated heterocycles. The number of hydrogen-bond acceptors (Lipinski definition) is 4. The van der Waals surface area contributed by atoms with Crippen LogP contribution in [0.25, 0.3) is 0 Å². The van der Waals surface area contributed by atoms with Crippen LogP contribution in [-0.2, 0) is 6.54 Å². The second-order valence-electron chi connectivity index (χ2n) is 5.63. The lowest BCUT2D eigenvalue weighted by molar-refractivity contribution is 0.686. The first-order chi connectivity index (χ1) is 11.5. The van der Waals surface area contributed by atoms with E-state index in [2.05, 4.69) is 34.5 Å². The van der Waals surface area contributed by atoms with Gasteiger partial charge in [-0.25, -0.2) is 9.98 Å². The van der Waals surface area contributed by atoms with Crippen molar-refractivity contribution in [2.24, 2.45) is 4.99 Å². The molecule has 2 N–H and O–H groups in total. The van der Waals surface area contributed by atoms with Crippen molar-refractivity contribution in [3.05, 3.63) is 45.9 Å². The summed E-state index contributed by atoms with van der Waals surface area (Å²) in [4.78, 5) is 11.2. The summed E-state index contributed by atoms with van der Waals surface area (Å²) in [5, 5.41) is 10.5. The van der Waals surface area contributed by atoms with E-state index in [1.165, 1.54) is 0 Å². The molecule has 138 valence electrons. The summed E-state index contributed by atoms with van der Waals surface area (Å²) in [5.74, 6) is 0.777. The normalized spacial score (nSPS) is 12.3. The molecule has 1 unspecified atom stereocenters. The fourth-order valence-electron chi connectivity index (χ4n) is 2.09. The fraction of sp³-hybridized carbons (Fsp3) is 0.412. The van der Waals surface area contributed by atoms with Gasteiger partial charge in [-0.2, -0.15) is 0 Å². The highest BCUT2D eigenvalue weighted by Gasteiger charge is 2.08. The molecule has 0 saturated carbocycles. The third kappa shape index (κ3) is 6.99. The predicted octanol–water partition coefficient (Wildman–Crippen LogP) is 4.30. The second kappa shape index (κ2) is 10.8. The Hall–Kier alpha value is -1.06. The maximum Gasteiger partial charge on any atom is 0.192 e. The maximum absolute atomic E-state index is 5.95. The van der Waals surface area contributed by atoms with Crippen molar-refractivity contribution in [1.29, 1.82) is 0 Å². The Kier molecular flexibility index (Phi) is 9.52. The van der Waals surface area contributed by atoms with Crippen molar-refractivity contribution in [2.75, 3.05) is 25.5 Å². The zero-order valence-electron chi connectivity index (χ0n) is 14.9. The molecule has 25 heavy (non-hydrogen) atoms. The minimum Gasteiger partial charge on any atom is -0.357 e. The summed E-state index contributed by atoms with van der Waals surface area (Å²) in [6.45, 7) is 5.51. The zero-order valence-corrected chi connectivity index (χ0v) is 18.8. The molecule has 0 fully saturated rings. The number of benzene rings is 1. The van der Waals surface area contributed by atoms with E-state index in [1.54, 1.807) is 11.3 Å². The maximum atomic E-state index is 5.95. The van der Waals surface area contributed by atoms with Gasteiger partial charge in [0.25, 0.3) is 0 Å². The van der Waals surface area contributed by atoms with Gasteiger partial charge in [0.2, 0.25) is 0 Å². The van der Waals surface area contributed by atoms with Crippen molar-refractivity contribution >= 4 is 58.0 Å². The van der Waals surface area contributed by atoms with E-state index < -0.39 is 0 Å². The summed E-state index contributed by atoms with van der Waals surface area (Å²) in [7, 11) is 3.98. The van der Waals surface area contributed by atoms with Crippen LogP contribution in [0.2, 0.25) is 5.02 Å². The van der Waals surface area contributed by atoms with E-state index in [4.69, 9.17) is 11.6 Å². The van der Waals surface area contributed by atoms with Crippen LogP contribution in [0, 0.1) is 0 Å². The van der Waals surface area contributed by atoms with Crippen molar-refractivity contribution in [3.63, 3.8) is 0 Å². The highest BCUT2D eigenvalue weighted by molar-refractivity contribution is 14.0. The number of anilines is 1. The number of nitrogens with zero attached hydrogens (tertiary/aromatic N) is 3. The van der Waals surface area contributed by atoms with Crippen LogP contribution in [0.3, 0.4) is 0 Å². The van der Waals surface area contributed by atoms with Crippen molar-refractivity contribution in [2.45, 2.75) is 26.4 Å². The first-order valence-corrected chi connectivity index (χ1v) is 9.17. The molecular formula is C17H25ClIN5S. The molecule has 1 atom stereocenters. The van der Waals surface area contributed by atoms with E-state index in [1.807, 2.05) is 48.6 Å². The topological polar surface area (TPSA) is 52.6 Å². The second-order valence-corrected chi connectivity index (χ2v) is 6.90. The van der Waals surface area contributed by atoms with Crippen LogP contribution in [-0.4, -0.2) is 31.6 Å². The van der Waals surface area contributed by atoms with Gasteiger partial charge in [-0.3, -0.25) is 0 Å². The number of aliphatic imine (C=N–C) groups is 1. The van der Waals surface area contributed by atoms with Gasteiger partial charge in [0.1, 0.15) is 0 Å². The van der Waals surface area contributed by atoms with Crippen LogP contribution in [0.15, 0.2) is 34.6 Å². The van der Waals surface area contributed by atoms with Crippen molar-refractivity contribution in [1.82, 2.24) is 15.6 Å². The highest BCUT2D eigenvalue weighted by Crippen LogP contribution is 2.19. The number of aromatic nitrogens is 1. The van der Waals surface area contributed by atoms with Crippen molar-refractivity contribution < 1.29 is 0 Å². The lowest BCUT2D eigenvalue weighted by Crippen LogP contribution is -2.38. The minimum absolute atomic E-state index is 0. The largest absolute Gasteiger partial charge is 0.357 e. The summed E-state index contributed by atoms with van der Waals surface area (Å²) in [6, 6.07) is 7.97. The molecule has 0 bridgehead atoms. The van der Waals surface area contributed by atoms with Crippen LogP contribution in [0.4, 0.5) is 5.13 Å². The Bertz CT molecular complexity index is 672. The van der Waals surface area contributed by atoms with Crippen LogP contribution >= 0.6 is 46.9 Å². The van der Waals surface area contributed by atoms with Crippen LogP contribution < -0.4 is 15.5 Å². The highest BCUT2D eigenvalue weighted by atomic mass is 127. The molecule has 1 aromatic carbocycles. The van der Waals surface area contributed by atoms with Gasteiger partial charge in [0.05, 0.1) is 18.3 Å². The average molecular weight is 494 g/mol. The predicted molar refractivity (Wildman–Crippen MR) is 120 cm³/mol. The average Bonchev–Trinajstić information content (AvgIpc) is 3.02. The molecule has 1 aromatic heterocycles. The third-order valence-corrected chi connectivity index (χ3v) is 4.70. The fourth-order valence-corrected chi connectivity index (χ4v) is 2.97. The summed E-state index contributed by atoms with van der Waals surface area (Å²) >= 11 is 7.57. The van der Waals surface area contributed by atoms with Crippen molar-refractivity contribution in [3.8, 4) is 0 Å². The molecular weight excluding hydrogens is 469 g/mol. The smallest absolute Gasteiger partial charge is 0.192 e. The molecule has 0 amide bonds. The lowest BCUT2D eigenvalue weighted by Gasteiger charge is -2.18. The molecule has 0 spiro atoms. The van der Waals surface area contributed by atoms with E-state index in [0.717, 1.165) is 33.9 Å². The monoisotopic (exact) mass is 493 g/mol. The molecule has 8 heteroatoms. The number of halogens is 2. The van der Waals surface area contributed by atoms with Gasteiger partial charge in [-0.1, -0.05) is 23.7 Å². The molecule has 1 heterocycles. The number of nitrogens with one attached hydrogen (secondary N) is 2. The Morgan fingerprint density at radius 2 is 2.00 bits per heavy atom. The van der Waals surface area contributed by atoms with Gasteiger partial charge in [-0.15, -0.1) is 35.3 Å². The number of guanidine groups is 1. The Morgan fingerprint density at radius 1 is 1.32 bits per heavy atom. The standard InChI is InChI=1S/C17H24ClN5S.HI/c1-5-19-16(20-10-15-11-24-17(22-15)23(3)4)21-12(2)13-6-8-14(18)9-7-13;/h6-9,11-12H,5,10H2,1-4H3,(H2,19,20,21);1H. The van der Waals surface area contributed by atoms with Gasteiger partial charge in [0, 0.05) is 31.0 Å². The number of thiazole rings is 1. The molecule has 0 aliphatic heterocycles. The zero-order chi connectivity index (χ0) is 17.5. The van der Waals surface area contributed by atoms with E-state index >= 15 is 0 Å². The molecule has 0 aliphatic carbocycles. The molecule has 5 nitrogen and oxygen atoms in total. The Labute approximate surface area is 175 Å². The summed E-state index contributed by atoms with van der Waals surface area (Å²) in [6.07, 6.45) is 0. The Balaban J connectivity index is 0.00000312. The van der Waals surface area contributed by atoms with Crippen LogP contribution in [0.1, 0.15) is 31.1 Å². The van der Waals surface area contributed by atoms with E-state index in [-0.39, 0.29) is 30.0 Å². The molecule has 2 rings (SSSR count). The molecule has 0 aliphatic rings. The number of hydrogen-bond donors (Lipinski definition) is 2. The SMILES string of the molecule is CCNC(=NCc1csc(N(C)C)n1)NC(C)c1ccc(Cl)cc1.I. The quantitative estimate of drug-likeness (QED) is 0.358. The summed E-state index contributed by atoms with van der Waals surface area (Å²) < 4.78 is 0. The minimum atomic E-state index is 0. The van der Waals surface area contributed by atoms with E-state index in [9.17, 15) is 0 Å². The lowest BCUT2D eigenvalue weighted by atomic mass is 10.1. The van der Waals surface area contributed by atoms with Crippen LogP contribution in [0.5, 0.6) is 0 Å². The summed E-state index contributed by atoms with van der Waals surface area (Å²) in [5.41, 5.74) is 2.13. The first kappa shape index (κ1) is 22.0.